The van der Waals surface area contributed by atoms with Gasteiger partial charge in [-0.2, -0.15) is 0 Å². The lowest BCUT2D eigenvalue weighted by Crippen LogP contribution is -2.25. The molecule has 1 aromatic carbocycles. The average molecular weight is 349 g/mol. The molecule has 128 valence electrons. The van der Waals surface area contributed by atoms with Crippen LogP contribution in [0.4, 0.5) is 0 Å². The first-order valence-electron chi connectivity index (χ1n) is 7.44. The topological polar surface area (TPSA) is 73.9 Å². The normalized spacial score (nSPS) is 10.0. The molecule has 0 atom stereocenters. The Bertz CT molecular complexity index is 657. The van der Waals surface area contributed by atoms with Crippen molar-refractivity contribution < 1.29 is 23.8 Å². The van der Waals surface area contributed by atoms with E-state index in [1.54, 1.807) is 24.3 Å². The van der Waals surface area contributed by atoms with Gasteiger partial charge in [0, 0.05) is 6.54 Å². The molecule has 0 unspecified atom stereocenters. The maximum atomic E-state index is 11.7. The van der Waals surface area contributed by atoms with Crippen LogP contribution in [-0.2, 0) is 9.53 Å². The van der Waals surface area contributed by atoms with Crippen molar-refractivity contribution >= 4 is 23.2 Å². The van der Waals surface area contributed by atoms with E-state index >= 15 is 0 Å². The minimum atomic E-state index is -0.467. The average Bonchev–Trinajstić information content (AvgIpc) is 3.14. The number of rotatable bonds is 9. The number of thiophene rings is 1. The van der Waals surface area contributed by atoms with Crippen LogP contribution in [0.15, 0.2) is 41.8 Å². The lowest BCUT2D eigenvalue weighted by atomic mass is 10.3. The zero-order valence-corrected chi connectivity index (χ0v) is 14.1. The summed E-state index contributed by atoms with van der Waals surface area (Å²) >= 11 is 1.38. The highest BCUT2D eigenvalue weighted by molar-refractivity contribution is 7.12. The number of esters is 1. The number of methoxy groups -OCH3 is 1. The van der Waals surface area contributed by atoms with Crippen molar-refractivity contribution in [2.24, 2.45) is 0 Å². The van der Waals surface area contributed by atoms with Gasteiger partial charge >= 0.3 is 5.97 Å². The fourth-order valence-corrected chi connectivity index (χ4v) is 2.51. The van der Waals surface area contributed by atoms with Crippen LogP contribution in [-0.4, -0.2) is 38.7 Å². The van der Waals surface area contributed by atoms with Crippen molar-refractivity contribution in [3.63, 3.8) is 0 Å². The summed E-state index contributed by atoms with van der Waals surface area (Å²) in [5.41, 5.74) is 0. The van der Waals surface area contributed by atoms with Gasteiger partial charge in [0.25, 0.3) is 5.91 Å². The lowest BCUT2D eigenvalue weighted by molar-refractivity contribution is -0.146. The predicted molar refractivity (Wildman–Crippen MR) is 90.7 cm³/mol. The van der Waals surface area contributed by atoms with Gasteiger partial charge in [-0.15, -0.1) is 11.3 Å². The Kier molecular flexibility index (Phi) is 7.10. The molecule has 2 rings (SSSR count). The van der Waals surface area contributed by atoms with Crippen molar-refractivity contribution in [2.75, 3.05) is 26.9 Å². The number of amides is 1. The van der Waals surface area contributed by atoms with Gasteiger partial charge in [-0.25, -0.2) is 4.79 Å². The van der Waals surface area contributed by atoms with Crippen LogP contribution in [0.5, 0.6) is 11.5 Å². The molecule has 1 heterocycles. The number of hydrogen-bond donors (Lipinski definition) is 1. The minimum absolute atomic E-state index is 0.115. The number of benzene rings is 1. The predicted octanol–water partition coefficient (Wildman–Crippen LogP) is 2.50. The molecule has 0 fully saturated rings. The fraction of sp³-hybridized carbons (Fsp3) is 0.294. The van der Waals surface area contributed by atoms with Crippen LogP contribution < -0.4 is 14.8 Å². The third kappa shape index (κ3) is 5.58. The summed E-state index contributed by atoms with van der Waals surface area (Å²) in [6, 6.07) is 10.6. The van der Waals surface area contributed by atoms with E-state index in [2.05, 4.69) is 5.32 Å². The van der Waals surface area contributed by atoms with E-state index in [4.69, 9.17) is 14.2 Å². The van der Waals surface area contributed by atoms with Crippen LogP contribution in [0.1, 0.15) is 16.1 Å². The number of ether oxygens (including phenoxy) is 3. The molecule has 0 aliphatic carbocycles. The molecule has 0 saturated carbocycles. The third-order valence-electron chi connectivity index (χ3n) is 3.03. The number of carbonyl (C=O) groups is 2. The van der Waals surface area contributed by atoms with E-state index in [1.165, 1.54) is 18.4 Å². The van der Waals surface area contributed by atoms with Crippen molar-refractivity contribution in [1.29, 1.82) is 0 Å². The van der Waals surface area contributed by atoms with Crippen LogP contribution >= 0.6 is 11.3 Å². The maximum Gasteiger partial charge on any atom is 0.344 e. The van der Waals surface area contributed by atoms with Crippen LogP contribution in [0.3, 0.4) is 0 Å². The van der Waals surface area contributed by atoms with E-state index in [0.29, 0.717) is 29.3 Å². The highest BCUT2D eigenvalue weighted by Gasteiger charge is 2.08. The zero-order valence-electron chi connectivity index (χ0n) is 13.3. The van der Waals surface area contributed by atoms with Crippen molar-refractivity contribution in [3.8, 4) is 11.5 Å². The highest BCUT2D eigenvalue weighted by atomic mass is 32.1. The summed E-state index contributed by atoms with van der Waals surface area (Å²) in [4.78, 5) is 24.0. The molecule has 1 aromatic heterocycles. The van der Waals surface area contributed by atoms with Gasteiger partial charge in [-0.3, -0.25) is 4.79 Å². The van der Waals surface area contributed by atoms with E-state index in [9.17, 15) is 9.59 Å². The third-order valence-corrected chi connectivity index (χ3v) is 3.90. The van der Waals surface area contributed by atoms with Gasteiger partial charge in [0.1, 0.15) is 0 Å². The smallest absolute Gasteiger partial charge is 0.344 e. The standard InChI is InChI=1S/C17H19NO5S/c1-21-13-6-2-3-7-14(13)23-12-16(19)22-10-5-9-18-17(20)15-8-4-11-24-15/h2-4,6-8,11H,5,9-10,12H2,1H3,(H,18,20). The second-order valence-electron chi connectivity index (χ2n) is 4.75. The monoisotopic (exact) mass is 349 g/mol. The Morgan fingerprint density at radius 1 is 1.12 bits per heavy atom. The summed E-state index contributed by atoms with van der Waals surface area (Å²) in [5.74, 6) is 0.461. The van der Waals surface area contributed by atoms with Crippen molar-refractivity contribution in [3.05, 3.63) is 46.7 Å². The maximum absolute atomic E-state index is 11.7. The molecule has 0 spiro atoms. The molecule has 1 amide bonds. The second kappa shape index (κ2) is 9.57. The minimum Gasteiger partial charge on any atom is -0.493 e. The van der Waals surface area contributed by atoms with Crippen LogP contribution in [0.25, 0.3) is 0 Å². The first-order chi connectivity index (χ1) is 11.7. The highest BCUT2D eigenvalue weighted by Crippen LogP contribution is 2.25. The first kappa shape index (κ1) is 17.8. The molecule has 0 aliphatic rings. The molecule has 0 saturated heterocycles. The SMILES string of the molecule is COc1ccccc1OCC(=O)OCCCNC(=O)c1cccs1. The summed E-state index contributed by atoms with van der Waals surface area (Å²) < 4.78 is 15.5. The van der Waals surface area contributed by atoms with E-state index < -0.39 is 5.97 Å². The lowest BCUT2D eigenvalue weighted by Gasteiger charge is -2.10. The van der Waals surface area contributed by atoms with Gasteiger partial charge in [0.15, 0.2) is 18.1 Å². The first-order valence-corrected chi connectivity index (χ1v) is 8.32. The Morgan fingerprint density at radius 2 is 1.92 bits per heavy atom. The number of nitrogens with one attached hydrogen (secondary N) is 1. The molecule has 0 radical (unpaired) electrons. The summed E-state index contributed by atoms with van der Waals surface area (Å²) in [7, 11) is 1.53. The molecule has 0 aliphatic heterocycles. The summed E-state index contributed by atoms with van der Waals surface area (Å²) in [5, 5.41) is 4.61. The Balaban J connectivity index is 1.59. The van der Waals surface area contributed by atoms with Gasteiger partial charge in [-0.05, 0) is 30.0 Å². The summed E-state index contributed by atoms with van der Waals surface area (Å²) in [6.07, 6.45) is 0.539. The van der Waals surface area contributed by atoms with Crippen molar-refractivity contribution in [1.82, 2.24) is 5.32 Å². The van der Waals surface area contributed by atoms with Crippen molar-refractivity contribution in [2.45, 2.75) is 6.42 Å². The number of para-hydroxylation sites is 2. The van der Waals surface area contributed by atoms with Gasteiger partial charge < -0.3 is 19.5 Å². The molecular formula is C17H19NO5S. The molecule has 7 heteroatoms. The summed E-state index contributed by atoms with van der Waals surface area (Å²) in [6.45, 7) is 0.470. The number of carbonyl (C=O) groups excluding carboxylic acids is 2. The van der Waals surface area contributed by atoms with E-state index in [1.807, 2.05) is 17.5 Å². The van der Waals surface area contributed by atoms with Gasteiger partial charge in [0.2, 0.25) is 0 Å². The zero-order chi connectivity index (χ0) is 17.2. The molecule has 0 bridgehead atoms. The molecule has 6 nitrogen and oxygen atoms in total. The van der Waals surface area contributed by atoms with E-state index in [-0.39, 0.29) is 19.1 Å². The molecular weight excluding hydrogens is 330 g/mol. The van der Waals surface area contributed by atoms with Crippen LogP contribution in [0.2, 0.25) is 0 Å². The quantitative estimate of drug-likeness (QED) is 0.556. The van der Waals surface area contributed by atoms with E-state index in [0.717, 1.165) is 0 Å². The Labute approximate surface area is 144 Å². The molecule has 24 heavy (non-hydrogen) atoms. The molecule has 1 N–H and O–H groups in total. The van der Waals surface area contributed by atoms with Gasteiger partial charge in [0.05, 0.1) is 18.6 Å². The van der Waals surface area contributed by atoms with Crippen LogP contribution in [0, 0.1) is 0 Å². The second-order valence-corrected chi connectivity index (χ2v) is 5.69. The number of hydrogen-bond acceptors (Lipinski definition) is 6. The largest absolute Gasteiger partial charge is 0.493 e. The Morgan fingerprint density at radius 3 is 2.62 bits per heavy atom. The Hall–Kier alpha value is -2.54. The molecule has 2 aromatic rings. The van der Waals surface area contributed by atoms with Gasteiger partial charge in [-0.1, -0.05) is 18.2 Å². The fourth-order valence-electron chi connectivity index (χ4n) is 1.87.